The van der Waals surface area contributed by atoms with Crippen molar-refractivity contribution < 1.29 is 9.21 Å². The molecule has 1 amide bonds. The van der Waals surface area contributed by atoms with Gasteiger partial charge in [0.1, 0.15) is 6.26 Å². The van der Waals surface area contributed by atoms with Gasteiger partial charge in [-0.15, -0.1) is 0 Å². The Hall–Kier alpha value is -1.29. The Kier molecular flexibility index (Phi) is 4.37. The molecule has 4 nitrogen and oxygen atoms in total. The predicted octanol–water partition coefficient (Wildman–Crippen LogP) is 1.38. The normalized spacial score (nSPS) is 12.8. The minimum atomic E-state index is -0.125. The number of rotatable bonds is 5. The molecule has 1 unspecified atom stereocenters. The van der Waals surface area contributed by atoms with Crippen molar-refractivity contribution >= 4 is 5.91 Å². The van der Waals surface area contributed by atoms with Gasteiger partial charge in [-0.05, 0) is 18.4 Å². The first-order valence-electron chi connectivity index (χ1n) is 5.16. The highest BCUT2D eigenvalue weighted by Crippen LogP contribution is 2.05. The minimum absolute atomic E-state index is 0.0346. The summed E-state index contributed by atoms with van der Waals surface area (Å²) in [6.07, 6.45) is 3.80. The molecule has 0 aromatic carbocycles. The molecule has 0 saturated carbocycles. The van der Waals surface area contributed by atoms with E-state index in [2.05, 4.69) is 19.2 Å². The molecule has 0 radical (unpaired) electrons. The standard InChI is InChI=1S/C11H18N2O2/c1-8(2)5-10(6-12)13-11(14)9-3-4-15-7-9/h3-4,7-8,10H,5-6,12H2,1-2H3,(H,13,14). The number of hydrogen-bond acceptors (Lipinski definition) is 3. The molecule has 1 rings (SSSR count). The summed E-state index contributed by atoms with van der Waals surface area (Å²) in [4.78, 5) is 11.6. The molecule has 1 atom stereocenters. The van der Waals surface area contributed by atoms with E-state index in [4.69, 9.17) is 10.2 Å². The first-order valence-corrected chi connectivity index (χ1v) is 5.16. The van der Waals surface area contributed by atoms with Crippen molar-refractivity contribution in [3.05, 3.63) is 24.2 Å². The lowest BCUT2D eigenvalue weighted by Gasteiger charge is -2.18. The second-order valence-corrected chi connectivity index (χ2v) is 4.05. The Morgan fingerprint density at radius 3 is 2.80 bits per heavy atom. The minimum Gasteiger partial charge on any atom is -0.472 e. The van der Waals surface area contributed by atoms with Crippen molar-refractivity contribution in [2.75, 3.05) is 6.54 Å². The van der Waals surface area contributed by atoms with Gasteiger partial charge in [-0.1, -0.05) is 13.8 Å². The van der Waals surface area contributed by atoms with Crippen LogP contribution in [0.15, 0.2) is 23.0 Å². The summed E-state index contributed by atoms with van der Waals surface area (Å²) in [5, 5.41) is 2.88. The zero-order valence-corrected chi connectivity index (χ0v) is 9.19. The molecule has 15 heavy (non-hydrogen) atoms. The van der Waals surface area contributed by atoms with Gasteiger partial charge in [-0.25, -0.2) is 0 Å². The van der Waals surface area contributed by atoms with Crippen LogP contribution in [-0.4, -0.2) is 18.5 Å². The van der Waals surface area contributed by atoms with Crippen molar-refractivity contribution in [3.8, 4) is 0 Å². The van der Waals surface area contributed by atoms with Gasteiger partial charge in [-0.2, -0.15) is 0 Å². The van der Waals surface area contributed by atoms with Crippen molar-refractivity contribution in [2.45, 2.75) is 26.3 Å². The molecule has 0 aliphatic heterocycles. The molecule has 1 aromatic heterocycles. The molecule has 84 valence electrons. The molecule has 0 aliphatic carbocycles. The third-order valence-electron chi connectivity index (χ3n) is 2.16. The maximum absolute atomic E-state index is 11.6. The summed E-state index contributed by atoms with van der Waals surface area (Å²) in [5.41, 5.74) is 6.12. The molecular formula is C11H18N2O2. The van der Waals surface area contributed by atoms with Gasteiger partial charge in [-0.3, -0.25) is 4.79 Å². The van der Waals surface area contributed by atoms with Crippen molar-refractivity contribution in [1.29, 1.82) is 0 Å². The fourth-order valence-electron chi connectivity index (χ4n) is 1.45. The van der Waals surface area contributed by atoms with Crippen LogP contribution in [0.3, 0.4) is 0 Å². The number of amides is 1. The zero-order chi connectivity index (χ0) is 11.3. The Morgan fingerprint density at radius 2 is 2.33 bits per heavy atom. The summed E-state index contributed by atoms with van der Waals surface area (Å²) in [6, 6.07) is 1.67. The number of carbonyl (C=O) groups excluding carboxylic acids is 1. The number of furan rings is 1. The molecule has 0 aliphatic rings. The van der Waals surface area contributed by atoms with E-state index in [0.717, 1.165) is 6.42 Å². The van der Waals surface area contributed by atoms with Crippen molar-refractivity contribution in [3.63, 3.8) is 0 Å². The van der Waals surface area contributed by atoms with Gasteiger partial charge in [0.2, 0.25) is 0 Å². The lowest BCUT2D eigenvalue weighted by atomic mass is 10.0. The topological polar surface area (TPSA) is 68.3 Å². The first kappa shape index (κ1) is 11.8. The Balaban J connectivity index is 2.48. The van der Waals surface area contributed by atoms with Gasteiger partial charge in [0.05, 0.1) is 11.8 Å². The van der Waals surface area contributed by atoms with Crippen LogP contribution in [0.25, 0.3) is 0 Å². The maximum Gasteiger partial charge on any atom is 0.254 e. The Bertz CT molecular complexity index is 294. The monoisotopic (exact) mass is 210 g/mol. The molecule has 1 heterocycles. The number of nitrogens with one attached hydrogen (secondary N) is 1. The molecule has 0 fully saturated rings. The third kappa shape index (κ3) is 3.75. The highest BCUT2D eigenvalue weighted by Gasteiger charge is 2.14. The van der Waals surface area contributed by atoms with Crippen LogP contribution in [0.4, 0.5) is 0 Å². The summed E-state index contributed by atoms with van der Waals surface area (Å²) >= 11 is 0. The lowest BCUT2D eigenvalue weighted by molar-refractivity contribution is 0.0933. The van der Waals surface area contributed by atoms with Crippen LogP contribution >= 0.6 is 0 Å². The molecular weight excluding hydrogens is 192 g/mol. The average Bonchev–Trinajstić information content (AvgIpc) is 2.68. The largest absolute Gasteiger partial charge is 0.472 e. The van der Waals surface area contributed by atoms with E-state index >= 15 is 0 Å². The van der Waals surface area contributed by atoms with E-state index in [-0.39, 0.29) is 11.9 Å². The van der Waals surface area contributed by atoms with Gasteiger partial charge in [0.15, 0.2) is 0 Å². The van der Waals surface area contributed by atoms with Crippen LogP contribution in [0.2, 0.25) is 0 Å². The van der Waals surface area contributed by atoms with Gasteiger partial charge >= 0.3 is 0 Å². The van der Waals surface area contributed by atoms with Crippen molar-refractivity contribution in [2.24, 2.45) is 11.7 Å². The number of nitrogens with two attached hydrogens (primary N) is 1. The second-order valence-electron chi connectivity index (χ2n) is 4.05. The van der Waals surface area contributed by atoms with E-state index in [1.54, 1.807) is 6.07 Å². The summed E-state index contributed by atoms with van der Waals surface area (Å²) in [7, 11) is 0. The molecule has 0 spiro atoms. The third-order valence-corrected chi connectivity index (χ3v) is 2.16. The highest BCUT2D eigenvalue weighted by molar-refractivity contribution is 5.93. The molecule has 3 N–H and O–H groups in total. The van der Waals surface area contributed by atoms with Gasteiger partial charge < -0.3 is 15.5 Å². The average molecular weight is 210 g/mol. The van der Waals surface area contributed by atoms with Gasteiger partial charge in [0.25, 0.3) is 5.91 Å². The van der Waals surface area contributed by atoms with Crippen LogP contribution in [-0.2, 0) is 0 Å². The van der Waals surface area contributed by atoms with E-state index in [1.807, 2.05) is 0 Å². The SMILES string of the molecule is CC(C)CC(CN)NC(=O)c1ccoc1. The van der Waals surface area contributed by atoms with Crippen LogP contribution < -0.4 is 11.1 Å². The number of hydrogen-bond donors (Lipinski definition) is 2. The quantitative estimate of drug-likeness (QED) is 0.771. The molecule has 4 heteroatoms. The van der Waals surface area contributed by atoms with E-state index in [0.29, 0.717) is 18.0 Å². The summed E-state index contributed by atoms with van der Waals surface area (Å²) in [6.45, 7) is 4.67. The molecule has 1 aromatic rings. The number of carbonyl (C=O) groups is 1. The second kappa shape index (κ2) is 5.56. The molecule has 0 bridgehead atoms. The fraction of sp³-hybridized carbons (Fsp3) is 0.545. The van der Waals surface area contributed by atoms with Crippen LogP contribution in [0, 0.1) is 5.92 Å². The summed E-state index contributed by atoms with van der Waals surface area (Å²) < 4.78 is 4.84. The maximum atomic E-state index is 11.6. The first-order chi connectivity index (χ1) is 7.13. The lowest BCUT2D eigenvalue weighted by Crippen LogP contribution is -2.40. The van der Waals surface area contributed by atoms with Crippen LogP contribution in [0.5, 0.6) is 0 Å². The Labute approximate surface area is 89.8 Å². The van der Waals surface area contributed by atoms with Crippen LogP contribution in [0.1, 0.15) is 30.6 Å². The zero-order valence-electron chi connectivity index (χ0n) is 9.19. The van der Waals surface area contributed by atoms with E-state index < -0.39 is 0 Å². The predicted molar refractivity (Wildman–Crippen MR) is 58.5 cm³/mol. The van der Waals surface area contributed by atoms with Gasteiger partial charge in [0, 0.05) is 12.6 Å². The smallest absolute Gasteiger partial charge is 0.254 e. The molecule has 0 saturated heterocycles. The fourth-order valence-corrected chi connectivity index (χ4v) is 1.45. The summed E-state index contributed by atoms with van der Waals surface area (Å²) in [5.74, 6) is 0.392. The highest BCUT2D eigenvalue weighted by atomic mass is 16.3. The van der Waals surface area contributed by atoms with E-state index in [1.165, 1.54) is 12.5 Å². The van der Waals surface area contributed by atoms with E-state index in [9.17, 15) is 4.79 Å². The van der Waals surface area contributed by atoms with Crippen molar-refractivity contribution in [1.82, 2.24) is 5.32 Å². The Morgan fingerprint density at radius 1 is 1.60 bits per heavy atom.